The van der Waals surface area contributed by atoms with Crippen LogP contribution in [0.2, 0.25) is 0 Å². The maximum atomic E-state index is 11.2. The van der Waals surface area contributed by atoms with Crippen molar-refractivity contribution in [3.05, 3.63) is 27.8 Å². The molecule has 0 bridgehead atoms. The lowest BCUT2D eigenvalue weighted by molar-refractivity contribution is -0.384. The largest absolute Gasteiger partial charge is 0.496 e. The number of hydrogen-bond donors (Lipinski definition) is 1. The SMILES string of the molecule is COc1cc([N+](=O)[O-])c(N2CCNCC2)cc1C. The molecular weight excluding hydrogens is 234 g/mol. The summed E-state index contributed by atoms with van der Waals surface area (Å²) in [5.74, 6) is 0.556. The van der Waals surface area contributed by atoms with Gasteiger partial charge in [-0.2, -0.15) is 0 Å². The van der Waals surface area contributed by atoms with E-state index in [0.717, 1.165) is 31.7 Å². The molecule has 1 aliphatic heterocycles. The highest BCUT2D eigenvalue weighted by atomic mass is 16.6. The van der Waals surface area contributed by atoms with Crippen molar-refractivity contribution in [2.45, 2.75) is 6.92 Å². The summed E-state index contributed by atoms with van der Waals surface area (Å²) in [6.45, 7) is 5.16. The molecule has 0 atom stereocenters. The average Bonchev–Trinajstić information content (AvgIpc) is 2.39. The molecule has 6 nitrogen and oxygen atoms in total. The Morgan fingerprint density at radius 3 is 2.61 bits per heavy atom. The van der Waals surface area contributed by atoms with Crippen LogP contribution in [-0.4, -0.2) is 38.2 Å². The van der Waals surface area contributed by atoms with Gasteiger partial charge < -0.3 is 15.0 Å². The van der Waals surface area contributed by atoms with Gasteiger partial charge in [-0.15, -0.1) is 0 Å². The number of nitrogens with one attached hydrogen (secondary N) is 1. The first-order valence-corrected chi connectivity index (χ1v) is 5.92. The number of nitro benzene ring substituents is 1. The lowest BCUT2D eigenvalue weighted by atomic mass is 10.1. The molecule has 0 aliphatic carbocycles. The monoisotopic (exact) mass is 251 g/mol. The molecule has 0 amide bonds. The van der Waals surface area contributed by atoms with Crippen molar-refractivity contribution in [2.75, 3.05) is 38.2 Å². The molecule has 1 saturated heterocycles. The Morgan fingerprint density at radius 2 is 2.06 bits per heavy atom. The maximum Gasteiger partial charge on any atom is 0.296 e. The topological polar surface area (TPSA) is 67.6 Å². The first-order valence-electron chi connectivity index (χ1n) is 5.92. The summed E-state index contributed by atoms with van der Waals surface area (Å²) >= 11 is 0. The molecule has 6 heteroatoms. The van der Waals surface area contributed by atoms with E-state index in [9.17, 15) is 10.1 Å². The van der Waals surface area contributed by atoms with Crippen molar-refractivity contribution in [1.82, 2.24) is 5.32 Å². The zero-order chi connectivity index (χ0) is 13.1. The highest BCUT2D eigenvalue weighted by molar-refractivity contribution is 5.68. The number of ether oxygens (including phenoxy) is 1. The van der Waals surface area contributed by atoms with Crippen LogP contribution in [0, 0.1) is 17.0 Å². The minimum absolute atomic E-state index is 0.111. The van der Waals surface area contributed by atoms with E-state index in [1.807, 2.05) is 17.9 Å². The number of anilines is 1. The van der Waals surface area contributed by atoms with Gasteiger partial charge in [-0.1, -0.05) is 0 Å². The fourth-order valence-electron chi connectivity index (χ4n) is 2.19. The van der Waals surface area contributed by atoms with Gasteiger partial charge in [-0.3, -0.25) is 10.1 Å². The summed E-state index contributed by atoms with van der Waals surface area (Å²) in [4.78, 5) is 12.8. The van der Waals surface area contributed by atoms with E-state index < -0.39 is 0 Å². The summed E-state index contributed by atoms with van der Waals surface area (Å²) in [5, 5.41) is 14.4. The number of methoxy groups -OCH3 is 1. The molecule has 1 N–H and O–H groups in total. The molecule has 0 spiro atoms. The second-order valence-electron chi connectivity index (χ2n) is 4.30. The van der Waals surface area contributed by atoms with Gasteiger partial charge in [0.25, 0.3) is 5.69 Å². The average molecular weight is 251 g/mol. The molecule has 18 heavy (non-hydrogen) atoms. The molecular formula is C12H17N3O3. The normalized spacial score (nSPS) is 15.6. The molecule has 2 rings (SSSR count). The molecule has 0 aromatic heterocycles. The van der Waals surface area contributed by atoms with Crippen molar-refractivity contribution in [1.29, 1.82) is 0 Å². The van der Waals surface area contributed by atoms with E-state index in [4.69, 9.17) is 4.74 Å². The second kappa shape index (κ2) is 5.22. The number of nitro groups is 1. The van der Waals surface area contributed by atoms with Gasteiger partial charge >= 0.3 is 0 Å². The van der Waals surface area contributed by atoms with Crippen molar-refractivity contribution >= 4 is 11.4 Å². The number of benzene rings is 1. The number of piperazine rings is 1. The van der Waals surface area contributed by atoms with Gasteiger partial charge in [0.1, 0.15) is 11.4 Å². The van der Waals surface area contributed by atoms with Crippen LogP contribution in [0.15, 0.2) is 12.1 Å². The van der Waals surface area contributed by atoms with Gasteiger partial charge in [0.15, 0.2) is 0 Å². The van der Waals surface area contributed by atoms with Crippen LogP contribution < -0.4 is 15.0 Å². The fraction of sp³-hybridized carbons (Fsp3) is 0.500. The van der Waals surface area contributed by atoms with Crippen LogP contribution in [0.25, 0.3) is 0 Å². The minimum atomic E-state index is -0.348. The first kappa shape index (κ1) is 12.6. The van der Waals surface area contributed by atoms with Crippen molar-refractivity contribution < 1.29 is 9.66 Å². The Labute approximate surface area is 106 Å². The zero-order valence-corrected chi connectivity index (χ0v) is 10.6. The predicted octanol–water partition coefficient (Wildman–Crippen LogP) is 1.32. The number of hydrogen-bond acceptors (Lipinski definition) is 5. The Balaban J connectivity index is 2.43. The van der Waals surface area contributed by atoms with Crippen LogP contribution in [0.3, 0.4) is 0 Å². The number of aryl methyl sites for hydroxylation is 1. The quantitative estimate of drug-likeness (QED) is 0.648. The molecule has 0 radical (unpaired) electrons. The standard InChI is InChI=1S/C12H17N3O3/c1-9-7-10(14-5-3-13-4-6-14)11(15(16)17)8-12(9)18-2/h7-8,13H,3-6H2,1-2H3. The van der Waals surface area contributed by atoms with Crippen LogP contribution in [0.5, 0.6) is 5.75 Å². The Hall–Kier alpha value is -1.82. The van der Waals surface area contributed by atoms with Crippen molar-refractivity contribution in [3.63, 3.8) is 0 Å². The predicted molar refractivity (Wildman–Crippen MR) is 69.5 cm³/mol. The van der Waals surface area contributed by atoms with E-state index >= 15 is 0 Å². The Bertz CT molecular complexity index is 456. The van der Waals surface area contributed by atoms with Crippen LogP contribution in [-0.2, 0) is 0 Å². The van der Waals surface area contributed by atoms with Crippen molar-refractivity contribution in [3.8, 4) is 5.75 Å². The molecule has 1 aliphatic rings. The summed E-state index contributed by atoms with van der Waals surface area (Å²) in [5.41, 5.74) is 1.70. The Kier molecular flexibility index (Phi) is 3.66. The second-order valence-corrected chi connectivity index (χ2v) is 4.30. The number of rotatable bonds is 3. The minimum Gasteiger partial charge on any atom is -0.496 e. The molecule has 0 saturated carbocycles. The van der Waals surface area contributed by atoms with Crippen LogP contribution in [0.1, 0.15) is 5.56 Å². The third kappa shape index (κ3) is 2.38. The first-order chi connectivity index (χ1) is 8.63. The maximum absolute atomic E-state index is 11.2. The highest BCUT2D eigenvalue weighted by Gasteiger charge is 2.23. The van der Waals surface area contributed by atoms with Crippen molar-refractivity contribution in [2.24, 2.45) is 0 Å². The molecule has 1 aromatic carbocycles. The van der Waals surface area contributed by atoms with E-state index in [1.54, 1.807) is 0 Å². The summed E-state index contributed by atoms with van der Waals surface area (Å²) in [6.07, 6.45) is 0. The lowest BCUT2D eigenvalue weighted by Crippen LogP contribution is -2.43. The lowest BCUT2D eigenvalue weighted by Gasteiger charge is -2.29. The van der Waals surface area contributed by atoms with Crippen LogP contribution in [0.4, 0.5) is 11.4 Å². The number of nitrogens with zero attached hydrogens (tertiary/aromatic N) is 2. The zero-order valence-electron chi connectivity index (χ0n) is 10.6. The van der Waals surface area contributed by atoms with Gasteiger partial charge in [0.05, 0.1) is 18.1 Å². The molecule has 98 valence electrons. The van der Waals surface area contributed by atoms with E-state index in [-0.39, 0.29) is 10.6 Å². The molecule has 1 fully saturated rings. The molecule has 1 aromatic rings. The smallest absolute Gasteiger partial charge is 0.296 e. The van der Waals surface area contributed by atoms with Gasteiger partial charge in [0.2, 0.25) is 0 Å². The third-order valence-electron chi connectivity index (χ3n) is 3.15. The summed E-state index contributed by atoms with van der Waals surface area (Å²) < 4.78 is 5.14. The van der Waals surface area contributed by atoms with E-state index in [0.29, 0.717) is 11.4 Å². The Morgan fingerprint density at radius 1 is 1.39 bits per heavy atom. The third-order valence-corrected chi connectivity index (χ3v) is 3.15. The van der Waals surface area contributed by atoms with Gasteiger partial charge in [-0.25, -0.2) is 0 Å². The summed E-state index contributed by atoms with van der Waals surface area (Å²) in [7, 11) is 1.52. The van der Waals surface area contributed by atoms with Gasteiger partial charge in [0, 0.05) is 26.2 Å². The molecule has 0 unspecified atom stereocenters. The highest BCUT2D eigenvalue weighted by Crippen LogP contribution is 2.34. The van der Waals surface area contributed by atoms with E-state index in [2.05, 4.69) is 5.32 Å². The molecule has 1 heterocycles. The van der Waals surface area contributed by atoms with E-state index in [1.165, 1.54) is 13.2 Å². The fourth-order valence-corrected chi connectivity index (χ4v) is 2.19. The summed E-state index contributed by atoms with van der Waals surface area (Å²) in [6, 6.07) is 3.34. The van der Waals surface area contributed by atoms with Crippen LogP contribution >= 0.6 is 0 Å². The van der Waals surface area contributed by atoms with Gasteiger partial charge in [-0.05, 0) is 18.6 Å².